The van der Waals surface area contributed by atoms with E-state index in [9.17, 15) is 5.26 Å². The molecule has 0 atom stereocenters. The second-order valence-electron chi connectivity index (χ2n) is 9.05. The molecule has 1 saturated heterocycles. The Morgan fingerprint density at radius 1 is 1.03 bits per heavy atom. The van der Waals surface area contributed by atoms with E-state index in [4.69, 9.17) is 4.74 Å². The molecule has 37 heavy (non-hydrogen) atoms. The molecule has 0 aliphatic carbocycles. The number of nitrogens with zero attached hydrogens (tertiary/aromatic N) is 6. The quantitative estimate of drug-likeness (QED) is 0.362. The maximum Gasteiger partial charge on any atom is 0.242 e. The summed E-state index contributed by atoms with van der Waals surface area (Å²) in [5.74, 6) is -0.184. The molecule has 1 aliphatic heterocycles. The van der Waals surface area contributed by atoms with Crippen LogP contribution < -0.4 is 15.0 Å². The summed E-state index contributed by atoms with van der Waals surface area (Å²) in [5, 5.41) is 13.5. The zero-order chi connectivity index (χ0) is 25.9. The van der Waals surface area contributed by atoms with Gasteiger partial charge in [-0.2, -0.15) is 5.26 Å². The van der Waals surface area contributed by atoms with Gasteiger partial charge in [0.2, 0.25) is 5.88 Å². The number of ether oxygens (including phenoxy) is 1. The average molecular weight is 500 g/mol. The van der Waals surface area contributed by atoms with Crippen molar-refractivity contribution in [3.8, 4) is 17.7 Å². The normalized spacial score (nSPS) is 14.1. The number of hydrogen-bond acceptors (Lipinski definition) is 7. The minimum absolute atomic E-state index is 0.00434. The van der Waals surface area contributed by atoms with Crippen molar-refractivity contribution in [1.29, 1.82) is 5.26 Å². The van der Waals surface area contributed by atoms with Crippen LogP contribution >= 0.6 is 0 Å². The van der Waals surface area contributed by atoms with Crippen LogP contribution in [0.25, 0.3) is 10.9 Å². The van der Waals surface area contributed by atoms with Gasteiger partial charge in [-0.15, -0.1) is 0 Å². The van der Waals surface area contributed by atoms with Crippen molar-refractivity contribution in [3.05, 3.63) is 65.9 Å². The number of likely N-dealkylation sites (N-methyl/N-ethyl adjacent to an activating group) is 1. The number of nitriles is 1. The lowest BCUT2D eigenvalue weighted by Crippen LogP contribution is -2.46. The summed E-state index contributed by atoms with van der Waals surface area (Å²) in [6.45, 7) is 12.1. The predicted octanol–water partition coefficient (Wildman–Crippen LogP) is 5.45. The van der Waals surface area contributed by atoms with E-state index in [1.165, 1.54) is 6.33 Å². The van der Waals surface area contributed by atoms with Crippen molar-refractivity contribution < 1.29 is 9.13 Å². The van der Waals surface area contributed by atoms with Gasteiger partial charge in [-0.3, -0.25) is 0 Å². The molecule has 9 heteroatoms. The highest BCUT2D eigenvalue weighted by Crippen LogP contribution is 2.34. The highest BCUT2D eigenvalue weighted by atomic mass is 19.1. The number of fused-ring (bicyclic) bond motifs is 1. The van der Waals surface area contributed by atoms with E-state index in [2.05, 4.69) is 50.2 Å². The molecule has 4 aromatic rings. The minimum atomic E-state index is -0.486. The van der Waals surface area contributed by atoms with Gasteiger partial charge in [0.1, 0.15) is 12.4 Å². The molecule has 2 aromatic carbocycles. The number of benzene rings is 2. The summed E-state index contributed by atoms with van der Waals surface area (Å²) in [6, 6.07) is 15.3. The van der Waals surface area contributed by atoms with E-state index in [1.807, 2.05) is 36.6 Å². The summed E-state index contributed by atoms with van der Waals surface area (Å²) in [4.78, 5) is 13.2. The molecule has 3 heterocycles. The molecule has 1 aliphatic rings. The Balaban J connectivity index is 1.36. The highest BCUT2D eigenvalue weighted by molar-refractivity contribution is 5.84. The van der Waals surface area contributed by atoms with E-state index in [1.54, 1.807) is 12.1 Å². The number of rotatable bonds is 7. The first-order chi connectivity index (χ1) is 18.0. The van der Waals surface area contributed by atoms with Crippen molar-refractivity contribution in [1.82, 2.24) is 19.4 Å². The SMILES string of the molecule is CCN1CCN(c2ccc(Nc3ncnc(Oc4ccc5c(cc(C)n5CC)c4F)c3C#N)cc2)CC1. The predicted molar refractivity (Wildman–Crippen MR) is 143 cm³/mol. The Bertz CT molecular complexity index is 1450. The Hall–Kier alpha value is -4.16. The van der Waals surface area contributed by atoms with Gasteiger partial charge in [0.25, 0.3) is 0 Å². The third-order valence-electron chi connectivity index (χ3n) is 6.95. The van der Waals surface area contributed by atoms with E-state index in [0.29, 0.717) is 11.2 Å². The van der Waals surface area contributed by atoms with Gasteiger partial charge in [-0.05, 0) is 62.9 Å². The third kappa shape index (κ3) is 4.80. The average Bonchev–Trinajstić information content (AvgIpc) is 3.26. The maximum atomic E-state index is 15.3. The number of aryl methyl sites for hydroxylation is 2. The number of anilines is 3. The topological polar surface area (TPSA) is 82.2 Å². The van der Waals surface area contributed by atoms with Crippen LogP contribution in [0.3, 0.4) is 0 Å². The van der Waals surface area contributed by atoms with Crippen LogP contribution in [0.2, 0.25) is 0 Å². The second-order valence-corrected chi connectivity index (χ2v) is 9.05. The molecule has 0 unspecified atom stereocenters. The minimum Gasteiger partial charge on any atom is -0.434 e. The lowest BCUT2D eigenvalue weighted by Gasteiger charge is -2.35. The molecule has 0 saturated carbocycles. The Morgan fingerprint density at radius 3 is 2.46 bits per heavy atom. The van der Waals surface area contributed by atoms with Crippen LogP contribution in [0, 0.1) is 24.1 Å². The number of hydrogen-bond donors (Lipinski definition) is 1. The Kier molecular flexibility index (Phi) is 6.93. The van der Waals surface area contributed by atoms with E-state index < -0.39 is 5.82 Å². The van der Waals surface area contributed by atoms with Gasteiger partial charge in [0, 0.05) is 55.2 Å². The largest absolute Gasteiger partial charge is 0.434 e. The number of nitrogens with one attached hydrogen (secondary N) is 1. The molecule has 2 aromatic heterocycles. The molecular weight excluding hydrogens is 469 g/mol. The standard InChI is InChI=1S/C28H30FN7O/c1-4-34-12-14-35(15-13-34)21-8-6-20(7-9-21)33-27-23(17-30)28(32-18-31-27)37-25-11-10-24-22(26(25)29)16-19(3)36(24)5-2/h6-11,16,18H,4-5,12-15H2,1-3H3,(H,31,32,33). The van der Waals surface area contributed by atoms with Crippen molar-refractivity contribution in [3.63, 3.8) is 0 Å². The third-order valence-corrected chi connectivity index (χ3v) is 6.95. The van der Waals surface area contributed by atoms with E-state index in [-0.39, 0.29) is 17.2 Å². The first-order valence-corrected chi connectivity index (χ1v) is 12.6. The van der Waals surface area contributed by atoms with Crippen molar-refractivity contribution in [2.75, 3.05) is 42.9 Å². The summed E-state index contributed by atoms with van der Waals surface area (Å²) in [7, 11) is 0. The zero-order valence-electron chi connectivity index (χ0n) is 21.3. The van der Waals surface area contributed by atoms with E-state index in [0.717, 1.165) is 61.9 Å². The molecule has 190 valence electrons. The van der Waals surface area contributed by atoms with Crippen molar-refractivity contribution >= 4 is 28.1 Å². The van der Waals surface area contributed by atoms with Crippen LogP contribution in [0.15, 0.2) is 48.8 Å². The second kappa shape index (κ2) is 10.4. The molecule has 8 nitrogen and oxygen atoms in total. The van der Waals surface area contributed by atoms with Crippen LogP contribution in [0.4, 0.5) is 21.6 Å². The Morgan fingerprint density at radius 2 is 1.78 bits per heavy atom. The van der Waals surface area contributed by atoms with Crippen molar-refractivity contribution in [2.24, 2.45) is 0 Å². The molecule has 1 fully saturated rings. The summed E-state index contributed by atoms with van der Waals surface area (Å²) in [6.07, 6.45) is 1.30. The maximum absolute atomic E-state index is 15.3. The van der Waals surface area contributed by atoms with Crippen LogP contribution in [0.1, 0.15) is 25.1 Å². The lowest BCUT2D eigenvalue weighted by molar-refractivity contribution is 0.271. The van der Waals surface area contributed by atoms with Gasteiger partial charge in [-0.1, -0.05) is 6.92 Å². The molecule has 5 rings (SSSR count). The van der Waals surface area contributed by atoms with Crippen LogP contribution in [-0.2, 0) is 6.54 Å². The fraction of sp³-hybridized carbons (Fsp3) is 0.321. The fourth-order valence-electron chi connectivity index (χ4n) is 4.87. The Labute approximate surface area is 215 Å². The first kappa shape index (κ1) is 24.5. The zero-order valence-corrected chi connectivity index (χ0v) is 21.3. The summed E-state index contributed by atoms with van der Waals surface area (Å²) in [5.41, 5.74) is 3.80. The van der Waals surface area contributed by atoms with E-state index >= 15 is 4.39 Å². The van der Waals surface area contributed by atoms with Crippen LogP contribution in [0.5, 0.6) is 11.6 Å². The molecule has 1 N–H and O–H groups in total. The number of aromatic nitrogens is 3. The molecule has 0 bridgehead atoms. The molecule has 0 spiro atoms. The van der Waals surface area contributed by atoms with Gasteiger partial charge >= 0.3 is 0 Å². The first-order valence-electron chi connectivity index (χ1n) is 12.6. The number of piperazine rings is 1. The van der Waals surface area contributed by atoms with Gasteiger partial charge in [0.15, 0.2) is 22.9 Å². The molecule has 0 amide bonds. The fourth-order valence-corrected chi connectivity index (χ4v) is 4.87. The molecule has 0 radical (unpaired) electrons. The lowest BCUT2D eigenvalue weighted by atomic mass is 10.2. The van der Waals surface area contributed by atoms with Gasteiger partial charge in [-0.25, -0.2) is 14.4 Å². The van der Waals surface area contributed by atoms with Crippen LogP contribution in [-0.4, -0.2) is 52.2 Å². The highest BCUT2D eigenvalue weighted by Gasteiger charge is 2.19. The monoisotopic (exact) mass is 499 g/mol. The smallest absolute Gasteiger partial charge is 0.242 e. The van der Waals surface area contributed by atoms with Gasteiger partial charge < -0.3 is 24.4 Å². The summed E-state index contributed by atoms with van der Waals surface area (Å²) < 4.78 is 23.2. The summed E-state index contributed by atoms with van der Waals surface area (Å²) >= 11 is 0. The number of halogens is 1. The molecular formula is C28H30FN7O. The van der Waals surface area contributed by atoms with Gasteiger partial charge in [0.05, 0.1) is 5.52 Å². The van der Waals surface area contributed by atoms with Crippen molar-refractivity contribution in [2.45, 2.75) is 27.3 Å².